The Balaban J connectivity index is 1.59. The first kappa shape index (κ1) is 15.2. The summed E-state index contributed by atoms with van der Waals surface area (Å²) < 4.78 is 10.6. The normalized spacial score (nSPS) is 25.5. The molecule has 2 heterocycles. The number of ether oxygens (including phenoxy) is 2. The maximum absolute atomic E-state index is 12.4. The van der Waals surface area contributed by atoms with Gasteiger partial charge in [-0.15, -0.1) is 0 Å². The second-order valence-electron chi connectivity index (χ2n) is 7.10. The number of carbonyl (C=O) groups excluding carboxylic acids is 1. The van der Waals surface area contributed by atoms with Crippen molar-refractivity contribution in [1.29, 1.82) is 0 Å². The molecule has 2 aliphatic heterocycles. The fourth-order valence-electron chi connectivity index (χ4n) is 2.97. The topological polar surface area (TPSA) is 59.0 Å². The Bertz CT molecular complexity index is 578. The molecule has 0 aromatic heterocycles. The van der Waals surface area contributed by atoms with Crippen LogP contribution in [0.25, 0.3) is 0 Å². The van der Waals surface area contributed by atoms with Gasteiger partial charge in [-0.1, -0.05) is 19.9 Å². The molecule has 1 atom stereocenters. The quantitative estimate of drug-likeness (QED) is 0.927. The molecule has 0 aliphatic carbocycles. The molecule has 1 saturated heterocycles. The van der Waals surface area contributed by atoms with E-state index < -0.39 is 5.60 Å². The number of aryl methyl sites for hydroxylation is 1. The summed E-state index contributed by atoms with van der Waals surface area (Å²) in [6.45, 7) is 7.06. The van der Waals surface area contributed by atoms with Crippen LogP contribution in [0.2, 0.25) is 0 Å². The van der Waals surface area contributed by atoms with Gasteiger partial charge >= 0.3 is 0 Å². The molecule has 1 aromatic rings. The van der Waals surface area contributed by atoms with E-state index in [2.05, 4.69) is 0 Å². The molecule has 3 rings (SSSR count). The number of carbonyl (C=O) groups is 1. The molecule has 1 amide bonds. The van der Waals surface area contributed by atoms with Crippen LogP contribution in [-0.4, -0.2) is 41.4 Å². The van der Waals surface area contributed by atoms with Crippen molar-refractivity contribution in [2.45, 2.75) is 39.2 Å². The van der Waals surface area contributed by atoms with E-state index in [9.17, 15) is 9.90 Å². The first-order chi connectivity index (χ1) is 10.3. The van der Waals surface area contributed by atoms with Gasteiger partial charge in [0.2, 0.25) is 12.7 Å². The van der Waals surface area contributed by atoms with Crippen LogP contribution in [0.5, 0.6) is 11.5 Å². The second kappa shape index (κ2) is 5.16. The van der Waals surface area contributed by atoms with Crippen LogP contribution in [0.4, 0.5) is 0 Å². The summed E-state index contributed by atoms with van der Waals surface area (Å²) in [5.74, 6) is 1.59. The number of benzene rings is 1. The van der Waals surface area contributed by atoms with Crippen LogP contribution >= 0.6 is 0 Å². The largest absolute Gasteiger partial charge is 0.454 e. The third kappa shape index (κ3) is 2.65. The number of amides is 1. The minimum Gasteiger partial charge on any atom is -0.454 e. The van der Waals surface area contributed by atoms with Crippen molar-refractivity contribution in [2.24, 2.45) is 5.41 Å². The molecule has 1 N–H and O–H groups in total. The summed E-state index contributed by atoms with van der Waals surface area (Å²) in [7, 11) is 0. The zero-order chi connectivity index (χ0) is 16.0. The van der Waals surface area contributed by atoms with Gasteiger partial charge in [-0.2, -0.15) is 0 Å². The van der Waals surface area contributed by atoms with E-state index in [4.69, 9.17) is 9.47 Å². The molecule has 5 heteroatoms. The predicted molar refractivity (Wildman–Crippen MR) is 81.9 cm³/mol. The van der Waals surface area contributed by atoms with E-state index in [0.717, 1.165) is 17.1 Å². The van der Waals surface area contributed by atoms with E-state index >= 15 is 0 Å². The highest BCUT2D eigenvalue weighted by atomic mass is 16.7. The van der Waals surface area contributed by atoms with Crippen molar-refractivity contribution in [2.75, 3.05) is 19.9 Å². The first-order valence-electron chi connectivity index (χ1n) is 7.67. The summed E-state index contributed by atoms with van der Waals surface area (Å²) in [5.41, 5.74) is -0.0502. The third-order valence-corrected chi connectivity index (χ3v) is 4.96. The Morgan fingerprint density at radius 3 is 2.64 bits per heavy atom. The second-order valence-corrected chi connectivity index (χ2v) is 7.10. The summed E-state index contributed by atoms with van der Waals surface area (Å²) in [5, 5.41) is 10.4. The molecule has 0 unspecified atom stereocenters. The third-order valence-electron chi connectivity index (χ3n) is 4.96. The van der Waals surface area contributed by atoms with E-state index in [-0.39, 0.29) is 18.1 Å². The van der Waals surface area contributed by atoms with Gasteiger partial charge in [0.05, 0.1) is 5.60 Å². The Morgan fingerprint density at radius 1 is 1.23 bits per heavy atom. The van der Waals surface area contributed by atoms with Crippen LogP contribution in [0.3, 0.4) is 0 Å². The summed E-state index contributed by atoms with van der Waals surface area (Å²) >= 11 is 0. The first-order valence-corrected chi connectivity index (χ1v) is 7.67. The van der Waals surface area contributed by atoms with Crippen LogP contribution in [-0.2, 0) is 11.2 Å². The molecule has 120 valence electrons. The highest BCUT2D eigenvalue weighted by Gasteiger charge is 2.48. The molecule has 22 heavy (non-hydrogen) atoms. The molecular formula is C17H23NO4. The van der Waals surface area contributed by atoms with Gasteiger partial charge in [-0.05, 0) is 31.0 Å². The van der Waals surface area contributed by atoms with Gasteiger partial charge in [0.15, 0.2) is 11.5 Å². The van der Waals surface area contributed by atoms with Gasteiger partial charge in [0.25, 0.3) is 0 Å². The van der Waals surface area contributed by atoms with Crippen molar-refractivity contribution in [3.63, 3.8) is 0 Å². The summed E-state index contributed by atoms with van der Waals surface area (Å²) in [6.07, 6.45) is 1.10. The minimum absolute atomic E-state index is 0.0866. The molecule has 0 radical (unpaired) electrons. The van der Waals surface area contributed by atoms with E-state index in [1.807, 2.05) is 32.0 Å². The Kier molecular flexibility index (Phi) is 3.56. The number of hydrogen-bond donors (Lipinski definition) is 1. The SMILES string of the molecule is CC1(C)CN(C(=O)CCc2ccc3c(c2)OCO3)C[C@]1(C)O. The van der Waals surface area contributed by atoms with Crippen LogP contribution < -0.4 is 9.47 Å². The zero-order valence-corrected chi connectivity index (χ0v) is 13.4. The minimum atomic E-state index is -0.832. The molecule has 0 spiro atoms. The zero-order valence-electron chi connectivity index (χ0n) is 13.4. The van der Waals surface area contributed by atoms with Crippen molar-refractivity contribution in [1.82, 2.24) is 4.90 Å². The highest BCUT2D eigenvalue weighted by Crippen LogP contribution is 2.38. The number of nitrogens with zero attached hydrogens (tertiary/aromatic N) is 1. The number of likely N-dealkylation sites (tertiary alicyclic amines) is 1. The van der Waals surface area contributed by atoms with E-state index in [0.29, 0.717) is 25.9 Å². The maximum Gasteiger partial charge on any atom is 0.231 e. The lowest BCUT2D eigenvalue weighted by molar-refractivity contribution is -0.131. The molecule has 2 aliphatic rings. The average Bonchev–Trinajstić information content (AvgIpc) is 2.98. The molecule has 0 saturated carbocycles. The summed E-state index contributed by atoms with van der Waals surface area (Å²) in [4.78, 5) is 14.2. The molecule has 1 fully saturated rings. The number of β-amino-alcohol motifs (C(OH)–C–C–N with tert-alkyl or cyclic N) is 1. The van der Waals surface area contributed by atoms with Gasteiger partial charge in [0.1, 0.15) is 0 Å². The number of fused-ring (bicyclic) bond motifs is 1. The number of aliphatic hydroxyl groups is 1. The fraction of sp³-hybridized carbons (Fsp3) is 0.588. The van der Waals surface area contributed by atoms with E-state index in [1.54, 1.807) is 11.8 Å². The van der Waals surface area contributed by atoms with Gasteiger partial charge in [-0.3, -0.25) is 4.79 Å². The van der Waals surface area contributed by atoms with Crippen molar-refractivity contribution in [3.05, 3.63) is 23.8 Å². The smallest absolute Gasteiger partial charge is 0.231 e. The standard InChI is InChI=1S/C17H23NO4/c1-16(2)9-18(10-17(16,3)20)15(19)7-5-12-4-6-13-14(8-12)22-11-21-13/h4,6,8,20H,5,7,9-11H2,1-3H3/t17-/m0/s1. The Labute approximate surface area is 130 Å². The van der Waals surface area contributed by atoms with Crippen LogP contribution in [0, 0.1) is 5.41 Å². The van der Waals surface area contributed by atoms with Crippen molar-refractivity contribution in [3.8, 4) is 11.5 Å². The van der Waals surface area contributed by atoms with Gasteiger partial charge < -0.3 is 19.5 Å². The average molecular weight is 305 g/mol. The molecular weight excluding hydrogens is 282 g/mol. The van der Waals surface area contributed by atoms with Crippen molar-refractivity contribution >= 4 is 5.91 Å². The molecule has 1 aromatic carbocycles. The Morgan fingerprint density at radius 2 is 1.95 bits per heavy atom. The highest BCUT2D eigenvalue weighted by molar-refractivity contribution is 5.77. The number of rotatable bonds is 3. The fourth-order valence-corrected chi connectivity index (χ4v) is 2.97. The maximum atomic E-state index is 12.4. The van der Waals surface area contributed by atoms with E-state index in [1.165, 1.54) is 0 Å². The van der Waals surface area contributed by atoms with Crippen LogP contribution in [0.1, 0.15) is 32.8 Å². The lowest BCUT2D eigenvalue weighted by Crippen LogP contribution is -2.40. The van der Waals surface area contributed by atoms with Crippen molar-refractivity contribution < 1.29 is 19.4 Å². The monoisotopic (exact) mass is 305 g/mol. The lowest BCUT2D eigenvalue weighted by atomic mass is 9.79. The molecule has 5 nitrogen and oxygen atoms in total. The Hall–Kier alpha value is -1.75. The van der Waals surface area contributed by atoms with Crippen LogP contribution in [0.15, 0.2) is 18.2 Å². The van der Waals surface area contributed by atoms with Gasteiger partial charge in [-0.25, -0.2) is 0 Å². The lowest BCUT2D eigenvalue weighted by Gasteiger charge is -2.30. The van der Waals surface area contributed by atoms with Gasteiger partial charge in [0, 0.05) is 24.9 Å². The molecule has 0 bridgehead atoms. The number of hydrogen-bond acceptors (Lipinski definition) is 4. The predicted octanol–water partition coefficient (Wildman–Crippen LogP) is 1.97. The summed E-state index contributed by atoms with van der Waals surface area (Å²) in [6, 6.07) is 5.77.